The van der Waals surface area contributed by atoms with Crippen molar-refractivity contribution in [3.8, 4) is 74.5 Å². The van der Waals surface area contributed by atoms with Crippen molar-refractivity contribution in [3.63, 3.8) is 0 Å². The van der Waals surface area contributed by atoms with Gasteiger partial charge in [0.25, 0.3) is 10.1 Å². The number of hydrogen-bond acceptors (Lipinski definition) is 24. The number of aryl methyl sites for hydroxylation is 6. The van der Waals surface area contributed by atoms with Crippen molar-refractivity contribution >= 4 is 86.7 Å². The number of imide groups is 1. The number of nitriles is 3. The molecule has 6 aromatic carbocycles. The lowest BCUT2D eigenvalue weighted by molar-refractivity contribution is -0.138. The van der Waals surface area contributed by atoms with Crippen LogP contribution >= 0.6 is 36.2 Å². The Balaban J connectivity index is 0.000000206. The average Bonchev–Trinajstić information content (AvgIpc) is 1.65. The lowest BCUT2D eigenvalue weighted by atomic mass is 10.1. The summed E-state index contributed by atoms with van der Waals surface area (Å²) >= 11 is 6.15. The van der Waals surface area contributed by atoms with Gasteiger partial charge in [0.1, 0.15) is 39.7 Å². The predicted octanol–water partition coefficient (Wildman–Crippen LogP) is 10.4. The Morgan fingerprint density at radius 2 is 0.972 bits per heavy atom. The van der Waals surface area contributed by atoms with E-state index in [1.807, 2.05) is 198 Å². The zero-order valence-electron chi connectivity index (χ0n) is 59.3. The van der Waals surface area contributed by atoms with Crippen molar-refractivity contribution in [2.24, 2.45) is 35.2 Å². The van der Waals surface area contributed by atoms with E-state index in [4.69, 9.17) is 27.0 Å². The maximum atomic E-state index is 12.4. The molecule has 0 bridgehead atoms. The fourth-order valence-electron chi connectivity index (χ4n) is 9.67. The Hall–Kier alpha value is -11.6. The van der Waals surface area contributed by atoms with Crippen LogP contribution in [-0.2, 0) is 88.6 Å². The number of carbonyl (C=O) groups is 5. The Labute approximate surface area is 637 Å². The van der Waals surface area contributed by atoms with Gasteiger partial charge < -0.3 is 14.6 Å². The molecule has 0 radical (unpaired) electrons. The highest BCUT2D eigenvalue weighted by molar-refractivity contribution is 8.01. The fraction of sp³-hybridized carbons (Fsp3) is 0.203. The van der Waals surface area contributed by atoms with E-state index in [1.165, 1.54) is 49.9 Å². The van der Waals surface area contributed by atoms with E-state index >= 15 is 0 Å². The first-order chi connectivity index (χ1) is 51.5. The number of nitrogens with zero attached hydrogens (tertiary/aromatic N) is 13. The van der Waals surface area contributed by atoms with Crippen molar-refractivity contribution in [2.75, 3.05) is 31.5 Å². The summed E-state index contributed by atoms with van der Waals surface area (Å²) in [5.41, 5.74) is 12.9. The number of esters is 2. The molecule has 6 heterocycles. The van der Waals surface area contributed by atoms with Crippen LogP contribution in [0.25, 0.3) is 56.3 Å². The van der Waals surface area contributed by atoms with Crippen molar-refractivity contribution in [3.05, 3.63) is 240 Å². The van der Waals surface area contributed by atoms with Gasteiger partial charge in [-0.1, -0.05) is 169 Å². The normalized spacial score (nSPS) is 12.8. The monoisotopic (exact) mass is 1560 g/mol. The van der Waals surface area contributed by atoms with Gasteiger partial charge in [0.05, 0.1) is 82.3 Å². The van der Waals surface area contributed by atoms with Crippen LogP contribution in [0, 0.1) is 40.9 Å². The molecule has 5 aromatic heterocycles. The van der Waals surface area contributed by atoms with Gasteiger partial charge in [0.2, 0.25) is 17.9 Å². The first kappa shape index (κ1) is 85.3. The summed E-state index contributed by atoms with van der Waals surface area (Å²) in [5, 5.41) is 59.3. The molecule has 0 spiro atoms. The predicted molar refractivity (Wildman–Crippen MR) is 408 cm³/mol. The molecule has 12 rings (SSSR count). The van der Waals surface area contributed by atoms with Crippen LogP contribution in [0.15, 0.2) is 211 Å². The van der Waals surface area contributed by atoms with Crippen LogP contribution in [0.3, 0.4) is 0 Å². The first-order valence-electron chi connectivity index (χ1n) is 31.9. The molecule has 2 amide bonds. The highest BCUT2D eigenvalue weighted by Gasteiger charge is 2.32. The fourth-order valence-corrected chi connectivity index (χ4v) is 12.4. The van der Waals surface area contributed by atoms with Crippen molar-refractivity contribution in [1.29, 1.82) is 15.8 Å². The number of aldehydes is 1. The largest absolute Gasteiger partial charge is 0.468 e. The number of methoxy groups -OCH3 is 2. The zero-order valence-corrected chi connectivity index (χ0v) is 63.4. The molecule has 11 aromatic rings. The molecule has 29 nitrogen and oxygen atoms in total. The molecule has 4 unspecified atom stereocenters. The summed E-state index contributed by atoms with van der Waals surface area (Å²) in [5.74, 6) is -0.590. The third-order valence-electron chi connectivity index (χ3n) is 14.8. The molecule has 0 aliphatic carbocycles. The second-order valence-corrected chi connectivity index (χ2v) is 27.4. The second-order valence-electron chi connectivity index (χ2n) is 22.4. The highest BCUT2D eigenvalue weighted by Crippen LogP contribution is 2.34. The standard InChI is InChI=1S/C19H17N3O3S.C15H15N3O2S.C14H13N3O2S.C12H11N3O.C11H10N2O.C3H6O2S.H2O4S/c1-14-8-10-16(11-9-14)26(23,24)25-19(13-20)17-12-18(22(2)21-17)15-6-4-3-5-7-15;1-18-13(11-6-4-3-5-7-11)8-12(17-18)14(9-16)21-10-15(19)20-2;1-17-11(9-5-3-2-4-6-9)7-10(16-17)13-14(19)15-12(18)8-20-13;1-15-11(9-5-3-2-4-6-9)7-10(14-15)12(16)8-13;1-13-11(7-10(8-14)12-13)9-5-3-2-4-6-9;1-5-3(4)2-6;1-5(2,3)4/h3-12,19H,1-2H3;3-8,14H,10H2,1-2H3;2-7,13H,8H2,1H3,(H,15,18,19);2-7,12,16H,1H3;2-8H,1H3;6H,2H2,1H3;(H2,1,2,3,4). The lowest BCUT2D eigenvalue weighted by Crippen LogP contribution is -2.39. The smallest absolute Gasteiger partial charge is 0.394 e. The molecule has 108 heavy (non-hydrogen) atoms. The number of amides is 2. The Morgan fingerprint density at radius 3 is 1.35 bits per heavy atom. The minimum atomic E-state index is -4.67. The summed E-state index contributed by atoms with van der Waals surface area (Å²) in [6.07, 6.45) is -1.74. The second kappa shape index (κ2) is 41.9. The molecular weight excluding hydrogens is 1490 g/mol. The topological polar surface area (TPSA) is 415 Å². The molecule has 1 aliphatic rings. The molecule has 0 saturated carbocycles. The number of hydrogen-bond donors (Lipinski definition) is 5. The number of carbonyl (C=O) groups excluding carboxylic acids is 5. The number of thiol groups is 1. The van der Waals surface area contributed by atoms with Gasteiger partial charge in [0.15, 0.2) is 12.4 Å². The van der Waals surface area contributed by atoms with Crippen LogP contribution in [0.1, 0.15) is 61.5 Å². The van der Waals surface area contributed by atoms with Crippen LogP contribution < -0.4 is 5.32 Å². The summed E-state index contributed by atoms with van der Waals surface area (Å²) in [6.45, 7) is 1.86. The number of benzene rings is 6. The Bertz CT molecular complexity index is 5150. The number of rotatable bonds is 17. The van der Waals surface area contributed by atoms with Crippen molar-refractivity contribution < 1.29 is 68.7 Å². The summed E-state index contributed by atoms with van der Waals surface area (Å²) < 4.78 is 78.8. The quantitative estimate of drug-likeness (QED) is 0.0108. The Morgan fingerprint density at radius 1 is 0.583 bits per heavy atom. The summed E-state index contributed by atoms with van der Waals surface area (Å²) in [4.78, 5) is 54.6. The lowest BCUT2D eigenvalue weighted by Gasteiger charge is -2.18. The van der Waals surface area contributed by atoms with E-state index in [9.17, 15) is 48.0 Å². The molecular formula is C74H74N14O15S5. The number of aliphatic hydroxyl groups is 1. The van der Waals surface area contributed by atoms with Crippen molar-refractivity contribution in [2.45, 2.75) is 34.5 Å². The van der Waals surface area contributed by atoms with E-state index in [0.717, 1.165) is 68.1 Å². The van der Waals surface area contributed by atoms with Gasteiger partial charge in [-0.05, 0) is 77.2 Å². The van der Waals surface area contributed by atoms with Crippen LogP contribution in [0.5, 0.6) is 0 Å². The molecule has 1 saturated heterocycles. The van der Waals surface area contributed by atoms with E-state index < -0.39 is 43.2 Å². The zero-order chi connectivity index (χ0) is 79.1. The first-order valence-corrected chi connectivity index (χ1v) is 37.4. The van der Waals surface area contributed by atoms with Crippen LogP contribution in [0.4, 0.5) is 0 Å². The maximum Gasteiger partial charge on any atom is 0.394 e. The third-order valence-corrected chi connectivity index (χ3v) is 18.6. The van der Waals surface area contributed by atoms with Gasteiger partial charge in [-0.15, -0.1) is 23.5 Å². The molecule has 4 atom stereocenters. The van der Waals surface area contributed by atoms with E-state index in [0.29, 0.717) is 22.8 Å². The van der Waals surface area contributed by atoms with Crippen molar-refractivity contribution in [1.82, 2.24) is 54.2 Å². The minimum Gasteiger partial charge on any atom is -0.468 e. The number of thioether (sulfide) groups is 2. The molecule has 560 valence electrons. The number of ether oxygens (including phenoxy) is 2. The van der Waals surface area contributed by atoms with Crippen LogP contribution in [0.2, 0.25) is 0 Å². The highest BCUT2D eigenvalue weighted by atomic mass is 32.3. The maximum absolute atomic E-state index is 12.4. The average molecular weight is 1560 g/mol. The molecule has 4 N–H and O–H groups in total. The number of nitrogens with one attached hydrogen (secondary N) is 1. The SMILES string of the molecule is COC(=O)CS.COC(=O)CSC(C#N)c1cc(-c2ccccc2)n(C)n1.Cc1ccc(S(=O)(=O)OC(C#N)c2cc(-c3ccccc3)n(C)n2)cc1.Cn1nc(C(O)C#N)cc1-c1ccccc1.Cn1nc(C2SCC(=O)NC2=O)cc1-c1ccccc1.Cn1nc(C=O)cc1-c1ccccc1.O=S(=O)(O)O. The summed E-state index contributed by atoms with van der Waals surface area (Å²) in [7, 11) is 2.96. The number of aliphatic hydroxyl groups excluding tert-OH is 1. The molecule has 1 fully saturated rings. The van der Waals surface area contributed by atoms with Crippen LogP contribution in [-0.4, -0.2) is 141 Å². The molecule has 34 heteroatoms. The summed E-state index contributed by atoms with van der Waals surface area (Å²) in [6, 6.07) is 69.8. The number of aromatic nitrogens is 10. The van der Waals surface area contributed by atoms with Gasteiger partial charge >= 0.3 is 22.3 Å². The molecule has 1 aliphatic heterocycles. The van der Waals surface area contributed by atoms with E-state index in [-0.39, 0.29) is 51.6 Å². The minimum absolute atomic E-state index is 0.00237. The van der Waals surface area contributed by atoms with E-state index in [1.54, 1.807) is 73.9 Å². The van der Waals surface area contributed by atoms with Gasteiger partial charge in [-0.2, -0.15) is 70.7 Å². The van der Waals surface area contributed by atoms with Gasteiger partial charge in [-0.25, -0.2) is 4.18 Å². The third kappa shape index (κ3) is 26.2. The van der Waals surface area contributed by atoms with Gasteiger partial charge in [0, 0.05) is 35.2 Å². The van der Waals surface area contributed by atoms with Gasteiger partial charge in [-0.3, -0.25) is 61.8 Å². The van der Waals surface area contributed by atoms with E-state index in [2.05, 4.69) is 59.0 Å². The Kier molecular flexibility index (Phi) is 33.1.